The van der Waals surface area contributed by atoms with Crippen molar-refractivity contribution in [2.75, 3.05) is 18.0 Å². The predicted octanol–water partition coefficient (Wildman–Crippen LogP) is 2.91. The molecule has 1 aliphatic heterocycles. The molecule has 1 fully saturated rings. The average Bonchev–Trinajstić information content (AvgIpc) is 2.38. The average molecular weight is 232 g/mol. The monoisotopic (exact) mass is 232 g/mol. The minimum absolute atomic E-state index is 0.114. The highest BCUT2D eigenvalue weighted by atomic mass is 16.1. The fraction of sp³-hybridized carbons (Fsp3) is 0.571. The molecule has 2 rings (SSSR count). The van der Waals surface area contributed by atoms with Crippen molar-refractivity contribution in [3.63, 3.8) is 0 Å². The Labute approximate surface area is 103 Å². The van der Waals surface area contributed by atoms with Crippen LogP contribution in [-0.2, 0) is 0 Å². The van der Waals surface area contributed by atoms with Gasteiger partial charge in [0.05, 0.1) is 11.9 Å². The number of aromatic nitrogens is 1. The molecule has 3 heteroatoms. The Morgan fingerprint density at radius 2 is 2.35 bits per heavy atom. The Balaban J connectivity index is 2.09. The van der Waals surface area contributed by atoms with E-state index in [1.165, 1.54) is 12.8 Å². The maximum Gasteiger partial charge on any atom is 0.180 e. The zero-order chi connectivity index (χ0) is 12.3. The van der Waals surface area contributed by atoms with E-state index in [1.807, 2.05) is 25.3 Å². The molecule has 92 valence electrons. The van der Waals surface area contributed by atoms with Gasteiger partial charge in [-0.15, -0.1) is 0 Å². The number of piperidine rings is 1. The summed E-state index contributed by atoms with van der Waals surface area (Å²) >= 11 is 0. The molecule has 0 bridgehead atoms. The van der Waals surface area contributed by atoms with Crippen LogP contribution in [0.3, 0.4) is 0 Å². The Bertz CT molecular complexity index is 386. The summed E-state index contributed by atoms with van der Waals surface area (Å²) in [5.41, 5.74) is 1.73. The first kappa shape index (κ1) is 12.1. The Morgan fingerprint density at radius 1 is 1.53 bits per heavy atom. The summed E-state index contributed by atoms with van der Waals surface area (Å²) in [7, 11) is 0. The molecule has 0 amide bonds. The first-order chi connectivity index (χ1) is 8.20. The third-order valence-corrected chi connectivity index (χ3v) is 3.38. The number of hydrogen-bond acceptors (Lipinski definition) is 3. The Morgan fingerprint density at radius 3 is 2.94 bits per heavy atom. The number of Topliss-reactive ketones (excluding diaryl/α,β-unsaturated/α-hetero) is 1. The van der Waals surface area contributed by atoms with Crippen LogP contribution in [0.4, 0.5) is 5.69 Å². The largest absolute Gasteiger partial charge is 0.370 e. The number of ketones is 1. The van der Waals surface area contributed by atoms with Crippen LogP contribution in [-0.4, -0.2) is 23.9 Å². The van der Waals surface area contributed by atoms with Crippen LogP contribution in [0.2, 0.25) is 0 Å². The van der Waals surface area contributed by atoms with E-state index in [-0.39, 0.29) is 5.78 Å². The van der Waals surface area contributed by atoms with Gasteiger partial charge >= 0.3 is 0 Å². The highest BCUT2D eigenvalue weighted by molar-refractivity contribution is 5.94. The van der Waals surface area contributed by atoms with Crippen LogP contribution in [0.1, 0.15) is 43.6 Å². The summed E-state index contributed by atoms with van der Waals surface area (Å²) in [6, 6.07) is 3.87. The van der Waals surface area contributed by atoms with Crippen molar-refractivity contribution in [3.8, 4) is 0 Å². The summed E-state index contributed by atoms with van der Waals surface area (Å²) in [4.78, 5) is 18.1. The smallest absolute Gasteiger partial charge is 0.180 e. The standard InChI is InChI=1S/C14H20N2O/c1-3-14(17)13-7-6-12(9-15-13)16-8-4-5-11(2)10-16/h6-7,9,11H,3-5,8,10H2,1-2H3. The van der Waals surface area contributed by atoms with Gasteiger partial charge in [-0.3, -0.25) is 9.78 Å². The van der Waals surface area contributed by atoms with Gasteiger partial charge in [0.25, 0.3) is 0 Å². The molecule has 1 aliphatic rings. The molecule has 3 nitrogen and oxygen atoms in total. The van der Waals surface area contributed by atoms with Gasteiger partial charge in [-0.25, -0.2) is 0 Å². The molecule has 17 heavy (non-hydrogen) atoms. The summed E-state index contributed by atoms with van der Waals surface area (Å²) in [5.74, 6) is 0.865. The van der Waals surface area contributed by atoms with E-state index in [1.54, 1.807) is 0 Å². The maximum atomic E-state index is 11.5. The highest BCUT2D eigenvalue weighted by Gasteiger charge is 2.17. The molecule has 1 aromatic rings. The van der Waals surface area contributed by atoms with Crippen molar-refractivity contribution in [3.05, 3.63) is 24.0 Å². The molecule has 1 aromatic heterocycles. The van der Waals surface area contributed by atoms with Crippen LogP contribution in [0.5, 0.6) is 0 Å². The lowest BCUT2D eigenvalue weighted by molar-refractivity contribution is 0.0983. The van der Waals surface area contributed by atoms with Gasteiger partial charge < -0.3 is 4.90 Å². The number of anilines is 1. The van der Waals surface area contributed by atoms with E-state index in [4.69, 9.17) is 0 Å². The van der Waals surface area contributed by atoms with Crippen molar-refractivity contribution in [1.29, 1.82) is 0 Å². The third kappa shape index (κ3) is 2.84. The number of carbonyl (C=O) groups excluding carboxylic acids is 1. The van der Waals surface area contributed by atoms with Gasteiger partial charge in [0.2, 0.25) is 0 Å². The van der Waals surface area contributed by atoms with E-state index in [0.29, 0.717) is 12.1 Å². The van der Waals surface area contributed by atoms with E-state index in [9.17, 15) is 4.79 Å². The molecule has 0 spiro atoms. The quantitative estimate of drug-likeness (QED) is 0.751. The van der Waals surface area contributed by atoms with Gasteiger partial charge in [-0.1, -0.05) is 13.8 Å². The maximum absolute atomic E-state index is 11.5. The fourth-order valence-corrected chi connectivity index (χ4v) is 2.34. The molecule has 0 radical (unpaired) electrons. The van der Waals surface area contributed by atoms with E-state index >= 15 is 0 Å². The summed E-state index contributed by atoms with van der Waals surface area (Å²) < 4.78 is 0. The van der Waals surface area contributed by atoms with Crippen LogP contribution >= 0.6 is 0 Å². The van der Waals surface area contributed by atoms with E-state index in [2.05, 4.69) is 16.8 Å². The van der Waals surface area contributed by atoms with Crippen molar-refractivity contribution in [1.82, 2.24) is 4.98 Å². The number of pyridine rings is 1. The Hall–Kier alpha value is -1.38. The lowest BCUT2D eigenvalue weighted by Crippen LogP contribution is -2.34. The summed E-state index contributed by atoms with van der Waals surface area (Å²) in [6.07, 6.45) is 4.92. The summed E-state index contributed by atoms with van der Waals surface area (Å²) in [5, 5.41) is 0. The molecule has 1 atom stereocenters. The topological polar surface area (TPSA) is 33.2 Å². The van der Waals surface area contributed by atoms with E-state index in [0.717, 1.165) is 24.7 Å². The second-order valence-electron chi connectivity index (χ2n) is 4.87. The zero-order valence-corrected chi connectivity index (χ0v) is 10.6. The van der Waals surface area contributed by atoms with Crippen LogP contribution in [0.25, 0.3) is 0 Å². The lowest BCUT2D eigenvalue weighted by atomic mass is 10.00. The molecule has 2 heterocycles. The van der Waals surface area contributed by atoms with Crippen LogP contribution < -0.4 is 4.90 Å². The van der Waals surface area contributed by atoms with Crippen molar-refractivity contribution >= 4 is 11.5 Å². The molecular formula is C14H20N2O. The lowest BCUT2D eigenvalue weighted by Gasteiger charge is -2.32. The SMILES string of the molecule is CCC(=O)c1ccc(N2CCCC(C)C2)cn1. The molecule has 1 saturated heterocycles. The number of carbonyl (C=O) groups is 1. The first-order valence-corrected chi connectivity index (χ1v) is 6.45. The number of hydrogen-bond donors (Lipinski definition) is 0. The second kappa shape index (κ2) is 5.30. The Kier molecular flexibility index (Phi) is 3.77. The normalized spacial score (nSPS) is 20.4. The molecule has 0 N–H and O–H groups in total. The van der Waals surface area contributed by atoms with Gasteiger partial charge in [0.15, 0.2) is 5.78 Å². The highest BCUT2D eigenvalue weighted by Crippen LogP contribution is 2.22. The molecular weight excluding hydrogens is 212 g/mol. The number of nitrogens with zero attached hydrogens (tertiary/aromatic N) is 2. The predicted molar refractivity (Wildman–Crippen MR) is 69.5 cm³/mol. The zero-order valence-electron chi connectivity index (χ0n) is 10.6. The minimum Gasteiger partial charge on any atom is -0.370 e. The van der Waals surface area contributed by atoms with Crippen molar-refractivity contribution < 1.29 is 4.79 Å². The third-order valence-electron chi connectivity index (χ3n) is 3.38. The van der Waals surface area contributed by atoms with Crippen molar-refractivity contribution in [2.24, 2.45) is 5.92 Å². The van der Waals surface area contributed by atoms with Crippen molar-refractivity contribution in [2.45, 2.75) is 33.1 Å². The van der Waals surface area contributed by atoms with Crippen LogP contribution in [0.15, 0.2) is 18.3 Å². The summed E-state index contributed by atoms with van der Waals surface area (Å²) in [6.45, 7) is 6.36. The molecule has 1 unspecified atom stereocenters. The minimum atomic E-state index is 0.114. The van der Waals surface area contributed by atoms with Gasteiger partial charge in [-0.2, -0.15) is 0 Å². The van der Waals surface area contributed by atoms with Gasteiger partial charge in [0, 0.05) is 19.5 Å². The first-order valence-electron chi connectivity index (χ1n) is 6.45. The second-order valence-corrected chi connectivity index (χ2v) is 4.87. The number of rotatable bonds is 3. The van der Waals surface area contributed by atoms with E-state index < -0.39 is 0 Å². The molecule has 0 aliphatic carbocycles. The van der Waals surface area contributed by atoms with Crippen LogP contribution in [0, 0.1) is 5.92 Å². The molecule has 0 aromatic carbocycles. The van der Waals surface area contributed by atoms with Gasteiger partial charge in [0.1, 0.15) is 5.69 Å². The fourth-order valence-electron chi connectivity index (χ4n) is 2.34. The van der Waals surface area contributed by atoms with Gasteiger partial charge in [-0.05, 0) is 30.9 Å². The molecule has 0 saturated carbocycles.